The molecular weight excluding hydrogens is 242 g/mol. The van der Waals surface area contributed by atoms with E-state index in [0.717, 1.165) is 6.42 Å². The highest BCUT2D eigenvalue weighted by atomic mass is 32.2. The van der Waals surface area contributed by atoms with Crippen molar-refractivity contribution in [3.63, 3.8) is 0 Å². The first-order chi connectivity index (χ1) is 8.00. The van der Waals surface area contributed by atoms with Crippen LogP contribution in [-0.4, -0.2) is 43.3 Å². The molecule has 0 amide bonds. The minimum Gasteiger partial charge on any atom is -0.476 e. The summed E-state index contributed by atoms with van der Waals surface area (Å²) < 4.78 is 11.1. The monoisotopic (exact) mass is 257 g/mol. The second kappa shape index (κ2) is 6.29. The molecular formula is C10H15N3O3S. The number of carboxylic acid groups (broad SMARTS) is 1. The Morgan fingerprint density at radius 1 is 1.53 bits per heavy atom. The molecule has 0 bridgehead atoms. The van der Waals surface area contributed by atoms with Gasteiger partial charge in [0.2, 0.25) is 0 Å². The smallest absolute Gasteiger partial charge is 0.356 e. The van der Waals surface area contributed by atoms with Gasteiger partial charge in [-0.15, -0.1) is 0 Å². The highest BCUT2D eigenvalue weighted by Gasteiger charge is 2.07. The summed E-state index contributed by atoms with van der Waals surface area (Å²) in [6.45, 7) is 2.54. The molecule has 6 nitrogen and oxygen atoms in total. The lowest BCUT2D eigenvalue weighted by atomic mass is 10.3. The van der Waals surface area contributed by atoms with E-state index in [1.54, 1.807) is 6.26 Å². The van der Waals surface area contributed by atoms with Crippen molar-refractivity contribution in [2.45, 2.75) is 18.6 Å². The molecule has 0 aliphatic heterocycles. The van der Waals surface area contributed by atoms with Crippen LogP contribution in [-0.2, 0) is 10.8 Å². The summed E-state index contributed by atoms with van der Waals surface area (Å²) in [6.07, 6.45) is 5.00. The van der Waals surface area contributed by atoms with E-state index in [4.69, 9.17) is 5.11 Å². The van der Waals surface area contributed by atoms with Crippen molar-refractivity contribution >= 4 is 22.6 Å². The van der Waals surface area contributed by atoms with Crippen molar-refractivity contribution < 1.29 is 14.1 Å². The Balaban J connectivity index is 2.42. The highest BCUT2D eigenvalue weighted by molar-refractivity contribution is 7.84. The predicted molar refractivity (Wildman–Crippen MR) is 65.6 cm³/mol. The van der Waals surface area contributed by atoms with E-state index in [1.165, 1.54) is 12.4 Å². The van der Waals surface area contributed by atoms with Gasteiger partial charge in [0.05, 0.1) is 12.4 Å². The van der Waals surface area contributed by atoms with Gasteiger partial charge in [0.25, 0.3) is 0 Å². The van der Waals surface area contributed by atoms with Crippen molar-refractivity contribution in [3.8, 4) is 0 Å². The van der Waals surface area contributed by atoms with Crippen LogP contribution >= 0.6 is 0 Å². The molecule has 1 aromatic rings. The Labute approximate surface area is 102 Å². The van der Waals surface area contributed by atoms with Gasteiger partial charge in [-0.1, -0.05) is 6.92 Å². The number of hydrogen-bond donors (Lipinski definition) is 2. The predicted octanol–water partition coefficient (Wildman–Crippen LogP) is 0.744. The number of anilines is 1. The SMILES string of the molecule is CC(CCNc1cnc(C(=O)O)cn1)S(C)=O. The van der Waals surface area contributed by atoms with Gasteiger partial charge < -0.3 is 10.4 Å². The van der Waals surface area contributed by atoms with Gasteiger partial charge in [0.15, 0.2) is 5.69 Å². The largest absolute Gasteiger partial charge is 0.476 e. The maximum absolute atomic E-state index is 11.1. The number of aromatic carboxylic acids is 1. The van der Waals surface area contributed by atoms with Gasteiger partial charge in [-0.25, -0.2) is 14.8 Å². The molecule has 94 valence electrons. The quantitative estimate of drug-likeness (QED) is 0.781. The lowest BCUT2D eigenvalue weighted by molar-refractivity contribution is 0.0690. The fourth-order valence-electron chi connectivity index (χ4n) is 1.10. The van der Waals surface area contributed by atoms with Crippen molar-refractivity contribution in [1.82, 2.24) is 9.97 Å². The first kappa shape index (κ1) is 13.6. The molecule has 1 heterocycles. The first-order valence-electron chi connectivity index (χ1n) is 5.12. The van der Waals surface area contributed by atoms with E-state index in [9.17, 15) is 9.00 Å². The van der Waals surface area contributed by atoms with E-state index in [0.29, 0.717) is 12.4 Å². The standard InChI is InChI=1S/C10H15N3O3S/c1-7(17(2)16)3-4-11-9-6-12-8(5-13-9)10(14)15/h5-7H,3-4H2,1-2H3,(H,11,13)(H,14,15). The Hall–Kier alpha value is -1.50. The third-order valence-electron chi connectivity index (χ3n) is 2.29. The lowest BCUT2D eigenvalue weighted by Gasteiger charge is -2.09. The number of carbonyl (C=O) groups is 1. The minimum atomic E-state index is -1.10. The van der Waals surface area contributed by atoms with Crippen LogP contribution in [0.15, 0.2) is 12.4 Å². The summed E-state index contributed by atoms with van der Waals surface area (Å²) in [5.41, 5.74) is -0.0846. The number of nitrogens with one attached hydrogen (secondary N) is 1. The van der Waals surface area contributed by atoms with Crippen molar-refractivity contribution in [3.05, 3.63) is 18.1 Å². The zero-order chi connectivity index (χ0) is 12.8. The number of hydrogen-bond acceptors (Lipinski definition) is 5. The molecule has 1 rings (SSSR count). The summed E-state index contributed by atoms with van der Waals surface area (Å²) in [5, 5.41) is 11.7. The third kappa shape index (κ3) is 4.48. The average Bonchev–Trinajstić information content (AvgIpc) is 2.29. The van der Waals surface area contributed by atoms with Gasteiger partial charge in [-0.2, -0.15) is 0 Å². The van der Waals surface area contributed by atoms with Gasteiger partial charge in [0, 0.05) is 28.9 Å². The van der Waals surface area contributed by atoms with E-state index >= 15 is 0 Å². The van der Waals surface area contributed by atoms with Crippen molar-refractivity contribution in [2.24, 2.45) is 0 Å². The molecule has 0 spiro atoms. The third-order valence-corrected chi connectivity index (χ3v) is 3.66. The Morgan fingerprint density at radius 2 is 2.24 bits per heavy atom. The van der Waals surface area contributed by atoms with Crippen LogP contribution in [0.3, 0.4) is 0 Å². The van der Waals surface area contributed by atoms with Crippen LogP contribution in [0.25, 0.3) is 0 Å². The maximum Gasteiger partial charge on any atom is 0.356 e. The van der Waals surface area contributed by atoms with E-state index in [2.05, 4.69) is 15.3 Å². The average molecular weight is 257 g/mol. The Bertz CT molecular complexity index is 408. The zero-order valence-corrected chi connectivity index (χ0v) is 10.5. The molecule has 2 atom stereocenters. The zero-order valence-electron chi connectivity index (χ0n) is 9.71. The summed E-state index contributed by atoms with van der Waals surface area (Å²) in [6, 6.07) is 0. The summed E-state index contributed by atoms with van der Waals surface area (Å²) >= 11 is 0. The molecule has 1 aromatic heterocycles. The summed E-state index contributed by atoms with van der Waals surface area (Å²) in [4.78, 5) is 18.2. The molecule has 0 saturated heterocycles. The molecule has 0 saturated carbocycles. The van der Waals surface area contributed by atoms with Gasteiger partial charge in [-0.05, 0) is 6.42 Å². The topological polar surface area (TPSA) is 92.2 Å². The molecule has 2 unspecified atom stereocenters. The minimum absolute atomic E-state index is 0.0846. The second-order valence-corrected chi connectivity index (χ2v) is 5.42. The van der Waals surface area contributed by atoms with Crippen LogP contribution < -0.4 is 5.32 Å². The summed E-state index contributed by atoms with van der Waals surface area (Å²) in [5.74, 6) is -0.580. The van der Waals surface area contributed by atoms with Crippen LogP contribution in [0.1, 0.15) is 23.8 Å². The molecule has 0 aromatic carbocycles. The normalized spacial score (nSPS) is 14.0. The number of carboxylic acids is 1. The van der Waals surface area contributed by atoms with E-state index < -0.39 is 16.8 Å². The Kier molecular flexibility index (Phi) is 5.02. The second-order valence-electron chi connectivity index (χ2n) is 3.62. The van der Waals surface area contributed by atoms with Gasteiger partial charge >= 0.3 is 5.97 Å². The van der Waals surface area contributed by atoms with Gasteiger partial charge in [0.1, 0.15) is 5.82 Å². The maximum atomic E-state index is 11.1. The fourth-order valence-corrected chi connectivity index (χ4v) is 1.55. The lowest BCUT2D eigenvalue weighted by Crippen LogP contribution is -2.15. The molecule has 2 N–H and O–H groups in total. The van der Waals surface area contributed by atoms with Crippen LogP contribution in [0.5, 0.6) is 0 Å². The molecule has 17 heavy (non-hydrogen) atoms. The van der Waals surface area contributed by atoms with Crippen LogP contribution in [0.4, 0.5) is 5.82 Å². The Morgan fingerprint density at radius 3 is 2.71 bits per heavy atom. The number of rotatable bonds is 6. The highest BCUT2D eigenvalue weighted by Crippen LogP contribution is 2.03. The molecule has 0 aliphatic carbocycles. The van der Waals surface area contributed by atoms with Crippen molar-refractivity contribution in [2.75, 3.05) is 18.1 Å². The van der Waals surface area contributed by atoms with Crippen molar-refractivity contribution in [1.29, 1.82) is 0 Å². The molecule has 7 heteroatoms. The molecule has 0 fully saturated rings. The molecule has 0 radical (unpaired) electrons. The fraction of sp³-hybridized carbons (Fsp3) is 0.500. The van der Waals surface area contributed by atoms with Crippen LogP contribution in [0.2, 0.25) is 0 Å². The van der Waals surface area contributed by atoms with Crippen LogP contribution in [0, 0.1) is 0 Å². The van der Waals surface area contributed by atoms with E-state index in [1.807, 2.05) is 6.92 Å². The number of aromatic nitrogens is 2. The van der Waals surface area contributed by atoms with Gasteiger partial charge in [-0.3, -0.25) is 4.21 Å². The summed E-state index contributed by atoms with van der Waals surface area (Å²) in [7, 11) is -0.832. The number of nitrogens with zero attached hydrogens (tertiary/aromatic N) is 2. The first-order valence-corrected chi connectivity index (χ1v) is 6.74. The molecule has 0 aliphatic rings. The van der Waals surface area contributed by atoms with E-state index in [-0.39, 0.29) is 10.9 Å².